The van der Waals surface area contributed by atoms with Crippen LogP contribution in [0.5, 0.6) is 0 Å². The summed E-state index contributed by atoms with van der Waals surface area (Å²) in [6.07, 6.45) is 3.23. The highest BCUT2D eigenvalue weighted by Gasteiger charge is 2.32. The molecule has 0 unspecified atom stereocenters. The summed E-state index contributed by atoms with van der Waals surface area (Å²) in [4.78, 5) is 12.7. The minimum absolute atomic E-state index is 0.374. The molecule has 0 spiro atoms. The average Bonchev–Trinajstić information content (AvgIpc) is 2.40. The van der Waals surface area contributed by atoms with Crippen LogP contribution in [0.25, 0.3) is 0 Å². The summed E-state index contributed by atoms with van der Waals surface area (Å²) in [5.41, 5.74) is 0.928. The Labute approximate surface area is 122 Å². The maximum atomic E-state index is 5.79. The topological polar surface area (TPSA) is 58.0 Å². The largest absolute Gasteiger partial charge is 0.351 e. The number of rotatable bonds is 3. The number of aryl methyl sites for hydroxylation is 1. The van der Waals surface area contributed by atoms with Gasteiger partial charge in [-0.15, -0.1) is 5.10 Å². The predicted molar refractivity (Wildman–Crippen MR) is 78.2 cm³/mol. The molecule has 20 heavy (non-hydrogen) atoms. The third-order valence-corrected chi connectivity index (χ3v) is 3.64. The second kappa shape index (κ2) is 5.20. The van der Waals surface area contributed by atoms with Gasteiger partial charge in [0.15, 0.2) is 5.82 Å². The molecule has 3 rings (SSSR count). The van der Waals surface area contributed by atoms with Gasteiger partial charge in [0.2, 0.25) is 5.95 Å². The molecule has 0 atom stereocenters. The van der Waals surface area contributed by atoms with E-state index in [0.29, 0.717) is 17.0 Å². The zero-order valence-corrected chi connectivity index (χ0v) is 12.1. The maximum absolute atomic E-state index is 5.79. The standard InChI is InChI=1S/C13H15ClN6/c1-9-3-4-12(18-17-9)20-7-11(8-20)19(2)13-15-5-10(14)6-16-13/h3-6,11H,7-8H2,1-2H3. The Morgan fingerprint density at radius 2 is 1.90 bits per heavy atom. The Morgan fingerprint density at radius 1 is 1.20 bits per heavy atom. The third-order valence-electron chi connectivity index (χ3n) is 3.44. The van der Waals surface area contributed by atoms with E-state index in [0.717, 1.165) is 24.6 Å². The molecule has 0 aliphatic carbocycles. The predicted octanol–water partition coefficient (Wildman–Crippen LogP) is 1.55. The number of anilines is 2. The maximum Gasteiger partial charge on any atom is 0.225 e. The molecule has 2 aromatic rings. The monoisotopic (exact) mass is 290 g/mol. The summed E-state index contributed by atoms with van der Waals surface area (Å²) in [6.45, 7) is 3.71. The van der Waals surface area contributed by atoms with Gasteiger partial charge in [-0.3, -0.25) is 0 Å². The van der Waals surface area contributed by atoms with E-state index in [2.05, 4.69) is 30.0 Å². The molecular weight excluding hydrogens is 276 g/mol. The highest BCUT2D eigenvalue weighted by atomic mass is 35.5. The first kappa shape index (κ1) is 13.1. The summed E-state index contributed by atoms with van der Waals surface area (Å²) in [6, 6.07) is 4.35. The fourth-order valence-electron chi connectivity index (χ4n) is 2.10. The van der Waals surface area contributed by atoms with Crippen molar-refractivity contribution in [3.8, 4) is 0 Å². The zero-order valence-electron chi connectivity index (χ0n) is 11.4. The molecular formula is C13H15ClN6. The zero-order chi connectivity index (χ0) is 14.1. The minimum Gasteiger partial charge on any atom is -0.351 e. The van der Waals surface area contributed by atoms with Crippen LogP contribution in [-0.2, 0) is 0 Å². The summed E-state index contributed by atoms with van der Waals surface area (Å²) >= 11 is 5.79. The number of halogens is 1. The van der Waals surface area contributed by atoms with Gasteiger partial charge in [-0.1, -0.05) is 11.6 Å². The van der Waals surface area contributed by atoms with Crippen LogP contribution in [0.3, 0.4) is 0 Å². The Hall–Kier alpha value is -1.95. The van der Waals surface area contributed by atoms with Gasteiger partial charge < -0.3 is 9.80 Å². The molecule has 0 bridgehead atoms. The number of aromatic nitrogens is 4. The average molecular weight is 291 g/mol. The lowest BCUT2D eigenvalue weighted by molar-refractivity contribution is 0.484. The van der Waals surface area contributed by atoms with Crippen molar-refractivity contribution in [2.45, 2.75) is 13.0 Å². The normalized spacial score (nSPS) is 15.1. The molecule has 1 aliphatic rings. The minimum atomic E-state index is 0.374. The van der Waals surface area contributed by atoms with Crippen molar-refractivity contribution in [3.63, 3.8) is 0 Å². The van der Waals surface area contributed by atoms with Crippen LogP contribution >= 0.6 is 11.6 Å². The quantitative estimate of drug-likeness (QED) is 0.855. The van der Waals surface area contributed by atoms with Crippen LogP contribution in [0.1, 0.15) is 5.69 Å². The fourth-order valence-corrected chi connectivity index (χ4v) is 2.20. The summed E-state index contributed by atoms with van der Waals surface area (Å²) < 4.78 is 0. The van der Waals surface area contributed by atoms with Crippen LogP contribution in [0.15, 0.2) is 24.5 Å². The van der Waals surface area contributed by atoms with Crippen LogP contribution < -0.4 is 9.80 Å². The number of likely N-dealkylation sites (N-methyl/N-ethyl adjacent to an activating group) is 1. The molecule has 0 amide bonds. The molecule has 2 aromatic heterocycles. The molecule has 1 aliphatic heterocycles. The van der Waals surface area contributed by atoms with Crippen molar-refractivity contribution in [3.05, 3.63) is 35.2 Å². The Balaban J connectivity index is 1.62. The van der Waals surface area contributed by atoms with Gasteiger partial charge in [0.25, 0.3) is 0 Å². The smallest absolute Gasteiger partial charge is 0.225 e. The van der Waals surface area contributed by atoms with Gasteiger partial charge in [-0.25, -0.2) is 9.97 Å². The molecule has 0 radical (unpaired) electrons. The highest BCUT2D eigenvalue weighted by molar-refractivity contribution is 6.30. The molecule has 0 N–H and O–H groups in total. The van der Waals surface area contributed by atoms with E-state index in [9.17, 15) is 0 Å². The second-order valence-electron chi connectivity index (χ2n) is 4.90. The van der Waals surface area contributed by atoms with Crippen molar-refractivity contribution in [1.82, 2.24) is 20.2 Å². The Morgan fingerprint density at radius 3 is 2.50 bits per heavy atom. The van der Waals surface area contributed by atoms with Crippen LogP contribution in [0.4, 0.5) is 11.8 Å². The molecule has 1 fully saturated rings. The lowest BCUT2D eigenvalue weighted by Crippen LogP contribution is -2.59. The van der Waals surface area contributed by atoms with Gasteiger partial charge in [-0.2, -0.15) is 5.10 Å². The van der Waals surface area contributed by atoms with E-state index in [1.54, 1.807) is 12.4 Å². The van der Waals surface area contributed by atoms with Gasteiger partial charge in [0.1, 0.15) is 0 Å². The first-order valence-electron chi connectivity index (χ1n) is 6.39. The molecule has 6 nitrogen and oxygen atoms in total. The second-order valence-corrected chi connectivity index (χ2v) is 5.34. The van der Waals surface area contributed by atoms with Gasteiger partial charge in [-0.05, 0) is 19.1 Å². The molecule has 0 saturated carbocycles. The Bertz CT molecular complexity index is 579. The van der Waals surface area contributed by atoms with E-state index in [1.807, 2.05) is 26.1 Å². The fraction of sp³-hybridized carbons (Fsp3) is 0.385. The van der Waals surface area contributed by atoms with Crippen LogP contribution in [0.2, 0.25) is 5.02 Å². The third kappa shape index (κ3) is 2.51. The molecule has 1 saturated heterocycles. The first-order valence-corrected chi connectivity index (χ1v) is 6.77. The van der Waals surface area contributed by atoms with Crippen molar-refractivity contribution >= 4 is 23.4 Å². The summed E-state index contributed by atoms with van der Waals surface area (Å²) in [5, 5.41) is 8.81. The first-order chi connectivity index (χ1) is 9.63. The van der Waals surface area contributed by atoms with Crippen molar-refractivity contribution in [2.75, 3.05) is 29.9 Å². The van der Waals surface area contributed by atoms with E-state index >= 15 is 0 Å². The van der Waals surface area contributed by atoms with E-state index in [4.69, 9.17) is 11.6 Å². The lowest BCUT2D eigenvalue weighted by Gasteiger charge is -2.44. The van der Waals surface area contributed by atoms with E-state index in [1.165, 1.54) is 0 Å². The summed E-state index contributed by atoms with van der Waals surface area (Å²) in [7, 11) is 1.99. The van der Waals surface area contributed by atoms with Gasteiger partial charge >= 0.3 is 0 Å². The molecule has 7 heteroatoms. The van der Waals surface area contributed by atoms with Crippen LogP contribution in [0, 0.1) is 6.92 Å². The number of nitrogens with zero attached hydrogens (tertiary/aromatic N) is 6. The molecule has 3 heterocycles. The van der Waals surface area contributed by atoms with Crippen molar-refractivity contribution in [1.29, 1.82) is 0 Å². The SMILES string of the molecule is Cc1ccc(N2CC(N(C)c3ncc(Cl)cn3)C2)nn1. The van der Waals surface area contributed by atoms with E-state index in [-0.39, 0.29) is 0 Å². The van der Waals surface area contributed by atoms with Crippen molar-refractivity contribution in [2.24, 2.45) is 0 Å². The van der Waals surface area contributed by atoms with Crippen molar-refractivity contribution < 1.29 is 0 Å². The Kier molecular flexibility index (Phi) is 3.40. The van der Waals surface area contributed by atoms with Gasteiger partial charge in [0, 0.05) is 20.1 Å². The highest BCUT2D eigenvalue weighted by Crippen LogP contribution is 2.22. The lowest BCUT2D eigenvalue weighted by atomic mass is 10.1. The molecule has 104 valence electrons. The van der Waals surface area contributed by atoms with Crippen LogP contribution in [-0.4, -0.2) is 46.3 Å². The van der Waals surface area contributed by atoms with E-state index < -0.39 is 0 Å². The summed E-state index contributed by atoms with van der Waals surface area (Å²) in [5.74, 6) is 1.60. The number of hydrogen-bond donors (Lipinski definition) is 0. The number of hydrogen-bond acceptors (Lipinski definition) is 6. The molecule has 0 aromatic carbocycles. The van der Waals surface area contributed by atoms with Gasteiger partial charge in [0.05, 0.1) is 29.2 Å².